The Morgan fingerprint density at radius 1 is 1.22 bits per heavy atom. The number of hydrogen-bond acceptors (Lipinski definition) is 2. The predicted octanol–water partition coefficient (Wildman–Crippen LogP) is 4.40. The van der Waals surface area contributed by atoms with Crippen LogP contribution in [0.5, 0.6) is 0 Å². The molecule has 3 nitrogen and oxygen atoms in total. The molecular weight excluding hydrogens is 226 g/mol. The molecule has 0 aliphatic heterocycles. The summed E-state index contributed by atoms with van der Waals surface area (Å²) in [4.78, 5) is 11.6. The molecule has 1 fully saturated rings. The minimum Gasteiger partial charge on any atom is -0.446 e. The fourth-order valence-electron chi connectivity index (χ4n) is 2.52. The van der Waals surface area contributed by atoms with E-state index >= 15 is 0 Å². The lowest BCUT2D eigenvalue weighted by molar-refractivity contribution is 0.0980. The van der Waals surface area contributed by atoms with Crippen molar-refractivity contribution in [3.8, 4) is 0 Å². The third kappa shape index (κ3) is 6.87. The van der Waals surface area contributed by atoms with Gasteiger partial charge in [0.15, 0.2) is 0 Å². The van der Waals surface area contributed by atoms with E-state index in [0.29, 0.717) is 0 Å². The van der Waals surface area contributed by atoms with E-state index in [0.717, 1.165) is 19.3 Å². The molecule has 3 heteroatoms. The summed E-state index contributed by atoms with van der Waals surface area (Å²) >= 11 is 0. The minimum absolute atomic E-state index is 0.168. The SMILES string of the molecule is CCCCCCC[C@H](C)NC(=O)OC1CCCC1. The zero-order valence-electron chi connectivity index (χ0n) is 12.0. The lowest BCUT2D eigenvalue weighted by atomic mass is 10.1. The maximum Gasteiger partial charge on any atom is 0.407 e. The molecule has 0 heterocycles. The number of rotatable bonds is 8. The van der Waals surface area contributed by atoms with E-state index in [1.54, 1.807) is 0 Å². The molecule has 1 amide bonds. The Labute approximate surface area is 112 Å². The Balaban J connectivity index is 2.00. The van der Waals surface area contributed by atoms with Crippen LogP contribution in [0.3, 0.4) is 0 Å². The van der Waals surface area contributed by atoms with Crippen molar-refractivity contribution in [2.45, 2.75) is 90.2 Å². The molecule has 1 aliphatic carbocycles. The largest absolute Gasteiger partial charge is 0.446 e. The summed E-state index contributed by atoms with van der Waals surface area (Å²) in [6, 6.07) is 0.237. The highest BCUT2D eigenvalue weighted by atomic mass is 16.6. The summed E-state index contributed by atoms with van der Waals surface area (Å²) in [5.74, 6) is 0. The summed E-state index contributed by atoms with van der Waals surface area (Å²) < 4.78 is 5.38. The first-order valence-electron chi connectivity index (χ1n) is 7.69. The second-order valence-corrected chi connectivity index (χ2v) is 5.56. The van der Waals surface area contributed by atoms with Gasteiger partial charge in [0.25, 0.3) is 0 Å². The average Bonchev–Trinajstić information content (AvgIpc) is 2.81. The standard InChI is InChI=1S/C15H29NO2/c1-3-4-5-6-7-10-13(2)16-15(17)18-14-11-8-9-12-14/h13-14H,3-12H2,1-2H3,(H,16,17)/t13-/m0/s1. The molecule has 18 heavy (non-hydrogen) atoms. The van der Waals surface area contributed by atoms with Gasteiger partial charge in [0.2, 0.25) is 0 Å². The van der Waals surface area contributed by atoms with Crippen molar-refractivity contribution in [3.05, 3.63) is 0 Å². The molecule has 0 unspecified atom stereocenters. The highest BCUT2D eigenvalue weighted by molar-refractivity contribution is 5.67. The van der Waals surface area contributed by atoms with Gasteiger partial charge < -0.3 is 10.1 Å². The highest BCUT2D eigenvalue weighted by Gasteiger charge is 2.19. The third-order valence-electron chi connectivity index (χ3n) is 3.68. The van der Waals surface area contributed by atoms with Gasteiger partial charge in [-0.15, -0.1) is 0 Å². The van der Waals surface area contributed by atoms with Crippen LogP contribution in [0.15, 0.2) is 0 Å². The molecule has 1 N–H and O–H groups in total. The Bertz CT molecular complexity index is 225. The van der Waals surface area contributed by atoms with Gasteiger partial charge in [0, 0.05) is 6.04 Å². The van der Waals surface area contributed by atoms with Gasteiger partial charge in [-0.1, -0.05) is 39.0 Å². The van der Waals surface area contributed by atoms with Crippen LogP contribution in [0.4, 0.5) is 4.79 Å². The van der Waals surface area contributed by atoms with Gasteiger partial charge in [-0.05, 0) is 39.0 Å². The van der Waals surface area contributed by atoms with Crippen molar-refractivity contribution in [3.63, 3.8) is 0 Å². The van der Waals surface area contributed by atoms with Crippen molar-refractivity contribution in [2.24, 2.45) is 0 Å². The average molecular weight is 255 g/mol. The number of amides is 1. The van der Waals surface area contributed by atoms with E-state index in [-0.39, 0.29) is 18.2 Å². The molecule has 0 saturated heterocycles. The monoisotopic (exact) mass is 255 g/mol. The molecule has 0 radical (unpaired) electrons. The van der Waals surface area contributed by atoms with Crippen molar-refractivity contribution in [2.75, 3.05) is 0 Å². The smallest absolute Gasteiger partial charge is 0.407 e. The van der Waals surface area contributed by atoms with Crippen LogP contribution in [-0.2, 0) is 4.74 Å². The first kappa shape index (κ1) is 15.3. The molecule has 0 aromatic heterocycles. The summed E-state index contributed by atoms with van der Waals surface area (Å²) in [5, 5.41) is 2.94. The summed E-state index contributed by atoms with van der Waals surface area (Å²) in [6.45, 7) is 4.29. The van der Waals surface area contributed by atoms with Crippen molar-refractivity contribution < 1.29 is 9.53 Å². The van der Waals surface area contributed by atoms with Gasteiger partial charge in [-0.3, -0.25) is 0 Å². The molecule has 0 aromatic rings. The maximum atomic E-state index is 11.6. The summed E-state index contributed by atoms with van der Waals surface area (Å²) in [5.41, 5.74) is 0. The second-order valence-electron chi connectivity index (χ2n) is 5.56. The molecule has 0 spiro atoms. The first-order valence-corrected chi connectivity index (χ1v) is 7.69. The molecule has 1 rings (SSSR count). The Kier molecular flexibility index (Phi) is 7.86. The van der Waals surface area contributed by atoms with Crippen LogP contribution < -0.4 is 5.32 Å². The Hall–Kier alpha value is -0.730. The highest BCUT2D eigenvalue weighted by Crippen LogP contribution is 2.20. The van der Waals surface area contributed by atoms with Crippen molar-refractivity contribution in [1.29, 1.82) is 0 Å². The van der Waals surface area contributed by atoms with E-state index < -0.39 is 0 Å². The number of ether oxygens (including phenoxy) is 1. The van der Waals surface area contributed by atoms with Crippen LogP contribution in [0.1, 0.15) is 78.1 Å². The maximum absolute atomic E-state index is 11.6. The molecule has 0 aromatic carbocycles. The van der Waals surface area contributed by atoms with Crippen molar-refractivity contribution in [1.82, 2.24) is 5.32 Å². The number of carbonyl (C=O) groups is 1. The van der Waals surface area contributed by atoms with Crippen LogP contribution in [0.25, 0.3) is 0 Å². The summed E-state index contributed by atoms with van der Waals surface area (Å²) in [7, 11) is 0. The molecule has 1 aliphatic rings. The van der Waals surface area contributed by atoms with Gasteiger partial charge in [0.05, 0.1) is 0 Å². The van der Waals surface area contributed by atoms with Crippen molar-refractivity contribution >= 4 is 6.09 Å². The normalized spacial score (nSPS) is 17.7. The van der Waals surface area contributed by atoms with E-state index in [1.165, 1.54) is 44.9 Å². The molecule has 106 valence electrons. The molecule has 0 bridgehead atoms. The van der Waals surface area contributed by atoms with E-state index in [9.17, 15) is 4.79 Å². The van der Waals surface area contributed by atoms with Gasteiger partial charge in [-0.2, -0.15) is 0 Å². The van der Waals surface area contributed by atoms with Crippen LogP contribution in [0.2, 0.25) is 0 Å². The van der Waals surface area contributed by atoms with E-state index in [4.69, 9.17) is 4.74 Å². The van der Waals surface area contributed by atoms with Gasteiger partial charge in [0.1, 0.15) is 6.10 Å². The zero-order valence-corrected chi connectivity index (χ0v) is 12.0. The van der Waals surface area contributed by atoms with Gasteiger partial charge in [-0.25, -0.2) is 4.79 Å². The second kappa shape index (κ2) is 9.23. The lowest BCUT2D eigenvalue weighted by Gasteiger charge is -2.16. The summed E-state index contributed by atoms with van der Waals surface area (Å²) in [6.07, 6.45) is 11.9. The molecule has 1 saturated carbocycles. The number of alkyl carbamates (subject to hydrolysis) is 1. The number of carbonyl (C=O) groups excluding carboxylic acids is 1. The fourth-order valence-corrected chi connectivity index (χ4v) is 2.52. The number of unbranched alkanes of at least 4 members (excludes halogenated alkanes) is 4. The van der Waals surface area contributed by atoms with E-state index in [2.05, 4.69) is 19.2 Å². The lowest BCUT2D eigenvalue weighted by Crippen LogP contribution is -2.34. The number of nitrogens with one attached hydrogen (secondary N) is 1. The van der Waals surface area contributed by atoms with Crippen LogP contribution in [0, 0.1) is 0 Å². The first-order chi connectivity index (χ1) is 8.72. The third-order valence-corrected chi connectivity index (χ3v) is 3.68. The van der Waals surface area contributed by atoms with Crippen LogP contribution in [-0.4, -0.2) is 18.2 Å². The molecular formula is C15H29NO2. The quantitative estimate of drug-likeness (QED) is 0.653. The topological polar surface area (TPSA) is 38.3 Å². The minimum atomic E-state index is -0.219. The zero-order chi connectivity index (χ0) is 13.2. The van der Waals surface area contributed by atoms with Crippen LogP contribution >= 0.6 is 0 Å². The Morgan fingerprint density at radius 2 is 1.89 bits per heavy atom. The van der Waals surface area contributed by atoms with E-state index in [1.807, 2.05) is 0 Å². The molecule has 1 atom stereocenters. The predicted molar refractivity (Wildman–Crippen MR) is 74.7 cm³/mol. The van der Waals surface area contributed by atoms with Gasteiger partial charge >= 0.3 is 6.09 Å². The fraction of sp³-hybridized carbons (Fsp3) is 0.933. The number of hydrogen-bond donors (Lipinski definition) is 1. The Morgan fingerprint density at radius 3 is 2.56 bits per heavy atom.